The molecule has 0 bridgehead atoms. The Morgan fingerprint density at radius 2 is 1.96 bits per heavy atom. The predicted octanol–water partition coefficient (Wildman–Crippen LogP) is 2.40. The number of fused-ring (bicyclic) bond motifs is 1. The van der Waals surface area contributed by atoms with Crippen molar-refractivity contribution in [3.63, 3.8) is 0 Å². The van der Waals surface area contributed by atoms with Crippen LogP contribution in [0.25, 0.3) is 0 Å². The van der Waals surface area contributed by atoms with Gasteiger partial charge in [0.25, 0.3) is 0 Å². The van der Waals surface area contributed by atoms with Crippen LogP contribution in [-0.2, 0) is 34.0 Å². The van der Waals surface area contributed by atoms with Gasteiger partial charge in [-0.1, -0.05) is 30.3 Å². The summed E-state index contributed by atoms with van der Waals surface area (Å²) in [6.07, 6.45) is 1.46. The first kappa shape index (κ1) is 16.6. The smallest absolute Gasteiger partial charge is 0.224 e. The molecule has 126 valence electrons. The highest BCUT2D eigenvalue weighted by Gasteiger charge is 2.23. The lowest BCUT2D eigenvalue weighted by Crippen LogP contribution is -2.25. The highest BCUT2D eigenvalue weighted by Crippen LogP contribution is 2.26. The minimum absolute atomic E-state index is 0.130. The molecular formula is C18H18FNO3S. The van der Waals surface area contributed by atoms with E-state index in [0.29, 0.717) is 23.3 Å². The zero-order chi connectivity index (χ0) is 17.2. The molecule has 0 atom stereocenters. The number of aryl methyl sites for hydroxylation is 1. The van der Waals surface area contributed by atoms with Gasteiger partial charge in [0.2, 0.25) is 5.91 Å². The number of nitrogens with one attached hydrogen (secondary N) is 1. The Labute approximate surface area is 140 Å². The summed E-state index contributed by atoms with van der Waals surface area (Å²) in [6, 6.07) is 11.3. The maximum atomic E-state index is 13.5. The fourth-order valence-corrected chi connectivity index (χ4v) is 4.47. The number of hydrogen-bond donors (Lipinski definition) is 1. The minimum atomic E-state index is -3.18. The Balaban J connectivity index is 1.66. The second-order valence-corrected chi connectivity index (χ2v) is 7.99. The molecule has 1 heterocycles. The van der Waals surface area contributed by atoms with E-state index >= 15 is 0 Å². The van der Waals surface area contributed by atoms with Crippen molar-refractivity contribution in [3.8, 4) is 0 Å². The highest BCUT2D eigenvalue weighted by atomic mass is 32.2. The Bertz CT molecular complexity index is 878. The number of carbonyl (C=O) groups excluding carboxylic acids is 1. The van der Waals surface area contributed by atoms with E-state index in [9.17, 15) is 17.6 Å². The van der Waals surface area contributed by atoms with E-state index in [4.69, 9.17) is 0 Å². The van der Waals surface area contributed by atoms with Crippen LogP contribution in [0.2, 0.25) is 0 Å². The SMILES string of the molecule is O=C(Cc1ccc2c(c1)CCCS2(=O)=O)NCc1ccccc1F. The van der Waals surface area contributed by atoms with Crippen molar-refractivity contribution >= 4 is 15.7 Å². The first-order valence-electron chi connectivity index (χ1n) is 7.80. The summed E-state index contributed by atoms with van der Waals surface area (Å²) in [5.74, 6) is -0.392. The fourth-order valence-electron chi connectivity index (χ4n) is 2.89. The summed E-state index contributed by atoms with van der Waals surface area (Å²) >= 11 is 0. The minimum Gasteiger partial charge on any atom is -0.352 e. The molecule has 1 aliphatic rings. The lowest BCUT2D eigenvalue weighted by Gasteiger charge is -2.17. The van der Waals surface area contributed by atoms with Crippen LogP contribution >= 0.6 is 0 Å². The number of sulfone groups is 1. The average molecular weight is 347 g/mol. The first-order chi connectivity index (χ1) is 11.5. The largest absolute Gasteiger partial charge is 0.352 e. The Morgan fingerprint density at radius 3 is 2.75 bits per heavy atom. The molecule has 0 aromatic heterocycles. The third-order valence-electron chi connectivity index (χ3n) is 4.12. The molecule has 0 aliphatic carbocycles. The number of carbonyl (C=O) groups is 1. The molecule has 0 unspecified atom stereocenters. The van der Waals surface area contributed by atoms with Crippen molar-refractivity contribution in [2.75, 3.05) is 5.75 Å². The van der Waals surface area contributed by atoms with Crippen LogP contribution in [0.4, 0.5) is 4.39 Å². The van der Waals surface area contributed by atoms with Gasteiger partial charge >= 0.3 is 0 Å². The van der Waals surface area contributed by atoms with E-state index in [2.05, 4.69) is 5.32 Å². The molecule has 4 nitrogen and oxygen atoms in total. The van der Waals surface area contributed by atoms with Gasteiger partial charge < -0.3 is 5.32 Å². The normalized spacial score (nSPS) is 15.5. The van der Waals surface area contributed by atoms with Crippen molar-refractivity contribution in [2.24, 2.45) is 0 Å². The molecule has 1 aliphatic heterocycles. The third-order valence-corrected chi connectivity index (χ3v) is 6.01. The number of benzene rings is 2. The van der Waals surface area contributed by atoms with E-state index in [1.165, 1.54) is 6.07 Å². The van der Waals surface area contributed by atoms with Crippen LogP contribution in [0.3, 0.4) is 0 Å². The molecular weight excluding hydrogens is 329 g/mol. The number of halogens is 1. The highest BCUT2D eigenvalue weighted by molar-refractivity contribution is 7.91. The number of rotatable bonds is 4. The molecule has 2 aromatic rings. The van der Waals surface area contributed by atoms with E-state index in [-0.39, 0.29) is 30.4 Å². The molecule has 6 heteroatoms. The Hall–Kier alpha value is -2.21. The quantitative estimate of drug-likeness (QED) is 0.924. The van der Waals surface area contributed by atoms with Gasteiger partial charge in [-0.05, 0) is 36.1 Å². The average Bonchev–Trinajstić information content (AvgIpc) is 2.53. The lowest BCUT2D eigenvalue weighted by molar-refractivity contribution is -0.120. The zero-order valence-corrected chi connectivity index (χ0v) is 13.9. The second-order valence-electron chi connectivity index (χ2n) is 5.91. The summed E-state index contributed by atoms with van der Waals surface area (Å²) in [7, 11) is -3.18. The maximum Gasteiger partial charge on any atom is 0.224 e. The molecule has 0 saturated heterocycles. The number of amides is 1. The standard InChI is InChI=1S/C18H18FNO3S/c19-16-6-2-1-4-15(16)12-20-18(21)11-13-7-8-17-14(10-13)5-3-9-24(17,22)23/h1-2,4,6-8,10H,3,5,9,11-12H2,(H,20,21). The zero-order valence-electron chi connectivity index (χ0n) is 13.1. The Kier molecular flexibility index (Phi) is 4.66. The second kappa shape index (κ2) is 6.73. The predicted molar refractivity (Wildman–Crippen MR) is 88.8 cm³/mol. The molecule has 24 heavy (non-hydrogen) atoms. The van der Waals surface area contributed by atoms with Crippen molar-refractivity contribution in [3.05, 3.63) is 65.0 Å². The van der Waals surface area contributed by atoms with Crippen LogP contribution in [0, 0.1) is 5.82 Å². The molecule has 3 rings (SSSR count). The molecule has 1 amide bonds. The topological polar surface area (TPSA) is 63.2 Å². The van der Waals surface area contributed by atoms with Gasteiger partial charge in [0.05, 0.1) is 17.1 Å². The number of hydrogen-bond acceptors (Lipinski definition) is 3. The van der Waals surface area contributed by atoms with Crippen LogP contribution in [-0.4, -0.2) is 20.1 Å². The Morgan fingerprint density at radius 1 is 1.17 bits per heavy atom. The van der Waals surface area contributed by atoms with Crippen molar-refractivity contribution in [1.82, 2.24) is 5.32 Å². The van der Waals surface area contributed by atoms with Gasteiger partial charge in [-0.15, -0.1) is 0 Å². The summed E-state index contributed by atoms with van der Waals surface area (Å²) in [5, 5.41) is 2.69. The monoisotopic (exact) mass is 347 g/mol. The van der Waals surface area contributed by atoms with Crippen LogP contribution in [0.15, 0.2) is 47.4 Å². The summed E-state index contributed by atoms with van der Waals surface area (Å²) in [6.45, 7) is 0.130. The molecule has 1 N–H and O–H groups in total. The summed E-state index contributed by atoms with van der Waals surface area (Å²) < 4.78 is 37.5. The van der Waals surface area contributed by atoms with Crippen molar-refractivity contribution in [2.45, 2.75) is 30.7 Å². The van der Waals surface area contributed by atoms with Crippen molar-refractivity contribution < 1.29 is 17.6 Å². The summed E-state index contributed by atoms with van der Waals surface area (Å²) in [5.41, 5.74) is 1.97. The van der Waals surface area contributed by atoms with Crippen molar-refractivity contribution in [1.29, 1.82) is 0 Å². The first-order valence-corrected chi connectivity index (χ1v) is 9.45. The molecule has 2 aromatic carbocycles. The lowest BCUT2D eigenvalue weighted by atomic mass is 10.0. The van der Waals surface area contributed by atoms with Gasteiger partial charge in [-0.3, -0.25) is 4.79 Å². The molecule has 0 spiro atoms. The van der Waals surface area contributed by atoms with E-state index in [0.717, 1.165) is 11.1 Å². The van der Waals surface area contributed by atoms with Crippen LogP contribution in [0.1, 0.15) is 23.1 Å². The van der Waals surface area contributed by atoms with Gasteiger partial charge in [0.1, 0.15) is 5.82 Å². The van der Waals surface area contributed by atoms with E-state index in [1.807, 2.05) is 0 Å². The van der Waals surface area contributed by atoms with Crippen LogP contribution < -0.4 is 5.32 Å². The van der Waals surface area contributed by atoms with Gasteiger partial charge in [-0.25, -0.2) is 12.8 Å². The van der Waals surface area contributed by atoms with Gasteiger partial charge in [-0.2, -0.15) is 0 Å². The third kappa shape index (κ3) is 3.64. The molecule has 0 radical (unpaired) electrons. The van der Waals surface area contributed by atoms with E-state index in [1.54, 1.807) is 36.4 Å². The van der Waals surface area contributed by atoms with Gasteiger partial charge in [0, 0.05) is 12.1 Å². The van der Waals surface area contributed by atoms with E-state index < -0.39 is 9.84 Å². The molecule has 0 saturated carbocycles. The maximum absolute atomic E-state index is 13.5. The molecule has 0 fully saturated rings. The fraction of sp³-hybridized carbons (Fsp3) is 0.278. The summed E-state index contributed by atoms with van der Waals surface area (Å²) in [4.78, 5) is 12.4. The van der Waals surface area contributed by atoms with Gasteiger partial charge in [0.15, 0.2) is 9.84 Å². The van der Waals surface area contributed by atoms with Crippen LogP contribution in [0.5, 0.6) is 0 Å².